The minimum atomic E-state index is -0.369. The molecule has 0 aliphatic carbocycles. The summed E-state index contributed by atoms with van der Waals surface area (Å²) in [6.07, 6.45) is 0. The molecule has 0 aliphatic rings. The zero-order valence-electron chi connectivity index (χ0n) is 11.4. The Labute approximate surface area is 116 Å². The molecule has 4 heteroatoms. The summed E-state index contributed by atoms with van der Waals surface area (Å²) in [6.45, 7) is 1.99. The lowest BCUT2D eigenvalue weighted by Crippen LogP contribution is -2.26. The van der Waals surface area contributed by atoms with Crippen LogP contribution in [0.5, 0.6) is 0 Å². The van der Waals surface area contributed by atoms with E-state index in [4.69, 9.17) is 0 Å². The molecule has 0 aromatic heterocycles. The number of carbonyl (C=O) groups is 1. The minimum Gasteiger partial charge on any atom is -0.337 e. The van der Waals surface area contributed by atoms with E-state index in [0.29, 0.717) is 23.2 Å². The van der Waals surface area contributed by atoms with Crippen molar-refractivity contribution in [2.24, 2.45) is 0 Å². The van der Waals surface area contributed by atoms with Crippen molar-refractivity contribution in [2.45, 2.75) is 13.5 Å². The Kier molecular flexibility index (Phi) is 4.13. The van der Waals surface area contributed by atoms with Crippen LogP contribution in [0.25, 0.3) is 0 Å². The Bertz CT molecular complexity index is 640. The van der Waals surface area contributed by atoms with Gasteiger partial charge in [-0.1, -0.05) is 12.1 Å². The zero-order valence-corrected chi connectivity index (χ0v) is 11.4. The van der Waals surface area contributed by atoms with Crippen LogP contribution in [0.15, 0.2) is 42.5 Å². The van der Waals surface area contributed by atoms with Crippen LogP contribution >= 0.6 is 0 Å². The van der Waals surface area contributed by atoms with Crippen LogP contribution in [0, 0.1) is 18.6 Å². The van der Waals surface area contributed by atoms with Crippen molar-refractivity contribution in [1.29, 1.82) is 0 Å². The maximum Gasteiger partial charge on any atom is 0.254 e. The number of hydrogen-bond donors (Lipinski definition) is 0. The summed E-state index contributed by atoms with van der Waals surface area (Å²) in [5.74, 6) is -0.917. The van der Waals surface area contributed by atoms with Crippen molar-refractivity contribution in [3.8, 4) is 0 Å². The maximum absolute atomic E-state index is 13.1. The van der Waals surface area contributed by atoms with Gasteiger partial charge in [0.15, 0.2) is 0 Å². The lowest BCUT2D eigenvalue weighted by molar-refractivity contribution is 0.0784. The summed E-state index contributed by atoms with van der Waals surface area (Å²) < 4.78 is 26.1. The molecular formula is C16H15F2NO. The summed E-state index contributed by atoms with van der Waals surface area (Å²) >= 11 is 0. The van der Waals surface area contributed by atoms with Gasteiger partial charge >= 0.3 is 0 Å². The lowest BCUT2D eigenvalue weighted by Gasteiger charge is -2.18. The highest BCUT2D eigenvalue weighted by molar-refractivity contribution is 5.95. The smallest absolute Gasteiger partial charge is 0.254 e. The first-order valence-corrected chi connectivity index (χ1v) is 6.23. The van der Waals surface area contributed by atoms with E-state index in [1.165, 1.54) is 35.2 Å². The average molecular weight is 275 g/mol. The Morgan fingerprint density at radius 2 is 1.80 bits per heavy atom. The van der Waals surface area contributed by atoms with Crippen LogP contribution in [0.1, 0.15) is 21.5 Å². The number of amides is 1. The topological polar surface area (TPSA) is 20.3 Å². The monoisotopic (exact) mass is 275 g/mol. The van der Waals surface area contributed by atoms with E-state index < -0.39 is 0 Å². The molecule has 0 saturated heterocycles. The average Bonchev–Trinajstić information content (AvgIpc) is 2.38. The first kappa shape index (κ1) is 14.2. The molecule has 20 heavy (non-hydrogen) atoms. The normalized spacial score (nSPS) is 10.4. The molecule has 1 amide bonds. The van der Waals surface area contributed by atoms with E-state index in [9.17, 15) is 13.6 Å². The van der Waals surface area contributed by atoms with E-state index >= 15 is 0 Å². The summed E-state index contributed by atoms with van der Waals surface area (Å²) in [7, 11) is 1.63. The van der Waals surface area contributed by atoms with Crippen molar-refractivity contribution in [2.75, 3.05) is 7.05 Å². The molecule has 0 saturated carbocycles. The second-order valence-corrected chi connectivity index (χ2v) is 4.75. The summed E-state index contributed by atoms with van der Waals surface area (Å²) in [6, 6.07) is 10.2. The fourth-order valence-corrected chi connectivity index (χ4v) is 2.05. The quantitative estimate of drug-likeness (QED) is 0.839. The SMILES string of the molecule is Cc1cc(F)ccc1C(=O)N(C)Cc1cccc(F)c1. The lowest BCUT2D eigenvalue weighted by atomic mass is 10.1. The molecule has 2 aromatic carbocycles. The van der Waals surface area contributed by atoms with Crippen LogP contribution in [-0.2, 0) is 6.54 Å². The van der Waals surface area contributed by atoms with Gasteiger partial charge in [-0.25, -0.2) is 8.78 Å². The molecule has 2 nitrogen and oxygen atoms in total. The standard InChI is InChI=1S/C16H15F2NO/c1-11-8-14(18)6-7-15(11)16(20)19(2)10-12-4-3-5-13(17)9-12/h3-9H,10H2,1-2H3. The molecule has 0 fully saturated rings. The van der Waals surface area contributed by atoms with Gasteiger partial charge in [0.2, 0.25) is 0 Å². The van der Waals surface area contributed by atoms with Gasteiger partial charge in [-0.2, -0.15) is 0 Å². The van der Waals surface area contributed by atoms with Crippen molar-refractivity contribution in [1.82, 2.24) is 4.90 Å². The highest BCUT2D eigenvalue weighted by atomic mass is 19.1. The number of nitrogens with zero attached hydrogens (tertiary/aromatic N) is 1. The van der Waals surface area contributed by atoms with E-state index in [2.05, 4.69) is 0 Å². The molecule has 0 aliphatic heterocycles. The fourth-order valence-electron chi connectivity index (χ4n) is 2.05. The van der Waals surface area contributed by atoms with Gasteiger partial charge in [0, 0.05) is 19.2 Å². The molecule has 0 radical (unpaired) electrons. The van der Waals surface area contributed by atoms with Gasteiger partial charge in [0.1, 0.15) is 11.6 Å². The Hall–Kier alpha value is -2.23. The number of rotatable bonds is 3. The van der Waals surface area contributed by atoms with Gasteiger partial charge in [-0.15, -0.1) is 0 Å². The molecule has 2 aromatic rings. The van der Waals surface area contributed by atoms with Crippen molar-refractivity contribution >= 4 is 5.91 Å². The van der Waals surface area contributed by atoms with Gasteiger partial charge in [0.25, 0.3) is 5.91 Å². The molecule has 2 rings (SSSR count). The van der Waals surface area contributed by atoms with Crippen molar-refractivity contribution in [3.63, 3.8) is 0 Å². The van der Waals surface area contributed by atoms with Crippen LogP contribution in [0.3, 0.4) is 0 Å². The fraction of sp³-hybridized carbons (Fsp3) is 0.188. The number of aryl methyl sites for hydroxylation is 1. The van der Waals surface area contributed by atoms with Crippen molar-refractivity contribution < 1.29 is 13.6 Å². The molecule has 0 N–H and O–H groups in total. The second kappa shape index (κ2) is 5.82. The largest absolute Gasteiger partial charge is 0.337 e. The third-order valence-electron chi connectivity index (χ3n) is 3.07. The summed E-state index contributed by atoms with van der Waals surface area (Å²) in [5.41, 5.74) is 1.74. The summed E-state index contributed by atoms with van der Waals surface area (Å²) in [4.78, 5) is 13.8. The molecule has 0 atom stereocenters. The second-order valence-electron chi connectivity index (χ2n) is 4.75. The van der Waals surface area contributed by atoms with Crippen LogP contribution in [0.2, 0.25) is 0 Å². The number of carbonyl (C=O) groups excluding carboxylic acids is 1. The van der Waals surface area contributed by atoms with Gasteiger partial charge in [-0.3, -0.25) is 4.79 Å². The minimum absolute atomic E-state index is 0.216. The number of benzene rings is 2. The molecule has 0 spiro atoms. The highest BCUT2D eigenvalue weighted by Gasteiger charge is 2.14. The van der Waals surface area contributed by atoms with Gasteiger partial charge in [-0.05, 0) is 48.4 Å². The first-order valence-electron chi connectivity index (χ1n) is 6.23. The first-order chi connectivity index (χ1) is 9.47. The number of hydrogen-bond acceptors (Lipinski definition) is 1. The van der Waals surface area contributed by atoms with E-state index in [1.807, 2.05) is 0 Å². The van der Waals surface area contributed by atoms with Crippen LogP contribution in [0.4, 0.5) is 8.78 Å². The van der Waals surface area contributed by atoms with E-state index in [-0.39, 0.29) is 17.5 Å². The summed E-state index contributed by atoms with van der Waals surface area (Å²) in [5, 5.41) is 0. The molecular weight excluding hydrogens is 260 g/mol. The molecule has 0 bridgehead atoms. The Balaban J connectivity index is 2.16. The maximum atomic E-state index is 13.1. The predicted molar refractivity (Wildman–Crippen MR) is 73.3 cm³/mol. The highest BCUT2D eigenvalue weighted by Crippen LogP contribution is 2.14. The Morgan fingerprint density at radius 3 is 2.45 bits per heavy atom. The van der Waals surface area contributed by atoms with Crippen LogP contribution < -0.4 is 0 Å². The third kappa shape index (κ3) is 3.20. The number of halogens is 2. The van der Waals surface area contributed by atoms with E-state index in [0.717, 1.165) is 0 Å². The molecule has 0 heterocycles. The van der Waals surface area contributed by atoms with Gasteiger partial charge in [0.05, 0.1) is 0 Å². The van der Waals surface area contributed by atoms with Crippen molar-refractivity contribution in [3.05, 3.63) is 70.8 Å². The zero-order chi connectivity index (χ0) is 14.7. The molecule has 104 valence electrons. The molecule has 0 unspecified atom stereocenters. The van der Waals surface area contributed by atoms with E-state index in [1.54, 1.807) is 26.1 Å². The third-order valence-corrected chi connectivity index (χ3v) is 3.07. The predicted octanol–water partition coefficient (Wildman–Crippen LogP) is 3.55. The van der Waals surface area contributed by atoms with Gasteiger partial charge < -0.3 is 4.90 Å². The van der Waals surface area contributed by atoms with Crippen LogP contribution in [-0.4, -0.2) is 17.9 Å². The Morgan fingerprint density at radius 1 is 1.10 bits per heavy atom.